The third-order valence-corrected chi connectivity index (χ3v) is 4.01. The highest BCUT2D eigenvalue weighted by molar-refractivity contribution is 5.63. The number of hydrogen-bond donors (Lipinski definition) is 0. The first-order chi connectivity index (χ1) is 10.6. The van der Waals surface area contributed by atoms with E-state index in [4.69, 9.17) is 0 Å². The summed E-state index contributed by atoms with van der Waals surface area (Å²) in [6.45, 7) is 1.23. The van der Waals surface area contributed by atoms with Gasteiger partial charge in [-0.15, -0.1) is 10.2 Å². The van der Waals surface area contributed by atoms with E-state index in [0.717, 1.165) is 24.7 Å². The zero-order chi connectivity index (χ0) is 15.7. The van der Waals surface area contributed by atoms with Gasteiger partial charge in [0.05, 0.1) is 4.92 Å². The first kappa shape index (κ1) is 14.4. The Kier molecular flexibility index (Phi) is 3.74. The van der Waals surface area contributed by atoms with Crippen molar-refractivity contribution in [2.24, 2.45) is 7.05 Å². The second kappa shape index (κ2) is 5.70. The molecule has 1 aromatic heterocycles. The van der Waals surface area contributed by atoms with Crippen molar-refractivity contribution in [3.8, 4) is 0 Å². The molecule has 0 aliphatic carbocycles. The third-order valence-electron chi connectivity index (χ3n) is 4.01. The molecule has 1 aromatic carbocycles. The van der Waals surface area contributed by atoms with E-state index in [1.807, 2.05) is 16.5 Å². The fourth-order valence-corrected chi connectivity index (χ4v) is 2.97. The van der Waals surface area contributed by atoms with Gasteiger partial charge in [-0.1, -0.05) is 0 Å². The molecule has 7 nitrogen and oxygen atoms in total. The smallest absolute Gasteiger partial charge is 0.292 e. The standard InChI is InChI=1S/C14H16FN5O2/c1-18-9-16-17-14(18)10-3-2-6-19(8-10)13-7-11(15)4-5-12(13)20(21)22/h4-5,7,9-10H,2-3,6,8H2,1H3. The van der Waals surface area contributed by atoms with Crippen LogP contribution >= 0.6 is 0 Å². The molecule has 8 heteroatoms. The van der Waals surface area contributed by atoms with Gasteiger partial charge in [0.1, 0.15) is 23.7 Å². The maximum atomic E-state index is 13.5. The first-order valence-electron chi connectivity index (χ1n) is 7.09. The van der Waals surface area contributed by atoms with E-state index in [9.17, 15) is 14.5 Å². The number of nitrogens with zero attached hydrogens (tertiary/aromatic N) is 5. The lowest BCUT2D eigenvalue weighted by Crippen LogP contribution is -2.35. The Labute approximate surface area is 126 Å². The van der Waals surface area contributed by atoms with Crippen molar-refractivity contribution >= 4 is 11.4 Å². The zero-order valence-corrected chi connectivity index (χ0v) is 12.1. The molecule has 3 rings (SSSR count). The Hall–Kier alpha value is -2.51. The maximum absolute atomic E-state index is 13.5. The number of aryl methyl sites for hydroxylation is 1. The van der Waals surface area contributed by atoms with E-state index >= 15 is 0 Å². The monoisotopic (exact) mass is 305 g/mol. The van der Waals surface area contributed by atoms with Crippen LogP contribution in [0.3, 0.4) is 0 Å². The Balaban J connectivity index is 1.91. The Morgan fingerprint density at radius 3 is 2.95 bits per heavy atom. The molecule has 0 spiro atoms. The lowest BCUT2D eigenvalue weighted by Gasteiger charge is -2.33. The van der Waals surface area contributed by atoms with Crippen LogP contribution < -0.4 is 4.90 Å². The van der Waals surface area contributed by atoms with Crippen molar-refractivity contribution in [3.05, 3.63) is 46.3 Å². The van der Waals surface area contributed by atoms with Crippen LogP contribution in [0.2, 0.25) is 0 Å². The van der Waals surface area contributed by atoms with Gasteiger partial charge in [-0.2, -0.15) is 0 Å². The van der Waals surface area contributed by atoms with E-state index in [-0.39, 0.29) is 11.6 Å². The molecule has 1 aliphatic rings. The Bertz CT molecular complexity index is 702. The van der Waals surface area contributed by atoms with Crippen molar-refractivity contribution in [3.63, 3.8) is 0 Å². The molecule has 1 aliphatic heterocycles. The largest absolute Gasteiger partial charge is 0.365 e. The molecule has 0 radical (unpaired) electrons. The molecule has 116 valence electrons. The Morgan fingerprint density at radius 1 is 1.45 bits per heavy atom. The second-order valence-corrected chi connectivity index (χ2v) is 5.48. The molecule has 0 bridgehead atoms. The minimum atomic E-state index is -0.472. The van der Waals surface area contributed by atoms with Gasteiger partial charge < -0.3 is 9.47 Å². The van der Waals surface area contributed by atoms with Crippen LogP contribution in [0.5, 0.6) is 0 Å². The summed E-state index contributed by atoms with van der Waals surface area (Å²) < 4.78 is 15.4. The van der Waals surface area contributed by atoms with E-state index in [1.165, 1.54) is 12.1 Å². The average Bonchev–Trinajstić information content (AvgIpc) is 2.93. The minimum Gasteiger partial charge on any atom is -0.365 e. The molecule has 2 heterocycles. The van der Waals surface area contributed by atoms with Crippen molar-refractivity contribution in [1.82, 2.24) is 14.8 Å². The van der Waals surface area contributed by atoms with Gasteiger partial charge in [0, 0.05) is 38.2 Å². The van der Waals surface area contributed by atoms with Gasteiger partial charge in [0.15, 0.2) is 0 Å². The summed E-state index contributed by atoms with van der Waals surface area (Å²) in [5.74, 6) is 0.509. The number of anilines is 1. The molecule has 1 saturated heterocycles. The lowest BCUT2D eigenvalue weighted by atomic mass is 9.96. The van der Waals surface area contributed by atoms with E-state index in [2.05, 4.69) is 10.2 Å². The number of rotatable bonds is 3. The van der Waals surface area contributed by atoms with Crippen molar-refractivity contribution in [2.75, 3.05) is 18.0 Å². The molecule has 1 fully saturated rings. The summed E-state index contributed by atoms with van der Waals surface area (Å²) in [5.41, 5.74) is 0.261. The van der Waals surface area contributed by atoms with Crippen molar-refractivity contribution in [1.29, 1.82) is 0 Å². The summed E-state index contributed by atoms with van der Waals surface area (Å²) in [6.07, 6.45) is 3.44. The van der Waals surface area contributed by atoms with Gasteiger partial charge >= 0.3 is 0 Å². The molecule has 2 aromatic rings. The third kappa shape index (κ3) is 2.63. The number of hydrogen-bond acceptors (Lipinski definition) is 5. The Morgan fingerprint density at radius 2 is 2.27 bits per heavy atom. The minimum absolute atomic E-state index is 0.0694. The topological polar surface area (TPSA) is 77.1 Å². The van der Waals surface area contributed by atoms with E-state index in [0.29, 0.717) is 18.8 Å². The molecule has 0 saturated carbocycles. The van der Waals surface area contributed by atoms with Crippen LogP contribution in [0, 0.1) is 15.9 Å². The number of nitro groups is 1. The summed E-state index contributed by atoms with van der Waals surface area (Å²) >= 11 is 0. The number of nitro benzene ring substituents is 1. The van der Waals surface area contributed by atoms with Crippen LogP contribution in [-0.4, -0.2) is 32.8 Å². The van der Waals surface area contributed by atoms with Crippen LogP contribution in [0.4, 0.5) is 15.8 Å². The maximum Gasteiger partial charge on any atom is 0.292 e. The summed E-state index contributed by atoms with van der Waals surface area (Å²) in [7, 11) is 1.87. The molecular formula is C14H16FN5O2. The average molecular weight is 305 g/mol. The number of halogens is 1. The van der Waals surface area contributed by atoms with E-state index in [1.54, 1.807) is 6.33 Å². The summed E-state index contributed by atoms with van der Waals surface area (Å²) in [6, 6.07) is 3.57. The number of piperidine rings is 1. The molecule has 1 unspecified atom stereocenters. The second-order valence-electron chi connectivity index (χ2n) is 5.48. The highest BCUT2D eigenvalue weighted by Gasteiger charge is 2.28. The predicted molar refractivity (Wildman–Crippen MR) is 78.2 cm³/mol. The highest BCUT2D eigenvalue weighted by atomic mass is 19.1. The van der Waals surface area contributed by atoms with Gasteiger partial charge in [-0.05, 0) is 18.9 Å². The normalized spacial score (nSPS) is 18.5. The van der Waals surface area contributed by atoms with Gasteiger partial charge in [-0.25, -0.2) is 4.39 Å². The fourth-order valence-electron chi connectivity index (χ4n) is 2.97. The lowest BCUT2D eigenvalue weighted by molar-refractivity contribution is -0.384. The molecular weight excluding hydrogens is 289 g/mol. The molecule has 0 N–H and O–H groups in total. The molecule has 22 heavy (non-hydrogen) atoms. The summed E-state index contributed by atoms with van der Waals surface area (Å²) in [5, 5.41) is 19.2. The zero-order valence-electron chi connectivity index (χ0n) is 12.1. The SMILES string of the molecule is Cn1cnnc1C1CCCN(c2cc(F)ccc2[N+](=O)[O-])C1. The molecule has 1 atom stereocenters. The van der Waals surface area contributed by atoms with Gasteiger partial charge in [0.25, 0.3) is 5.69 Å². The van der Waals surface area contributed by atoms with Crippen molar-refractivity contribution in [2.45, 2.75) is 18.8 Å². The van der Waals surface area contributed by atoms with Gasteiger partial charge in [-0.3, -0.25) is 10.1 Å². The van der Waals surface area contributed by atoms with E-state index < -0.39 is 10.7 Å². The first-order valence-corrected chi connectivity index (χ1v) is 7.09. The summed E-state index contributed by atoms with van der Waals surface area (Å²) in [4.78, 5) is 12.6. The fraction of sp³-hybridized carbons (Fsp3) is 0.429. The highest BCUT2D eigenvalue weighted by Crippen LogP contribution is 2.34. The predicted octanol–water partition coefficient (Wildman–Crippen LogP) is 2.25. The van der Waals surface area contributed by atoms with Crippen molar-refractivity contribution < 1.29 is 9.31 Å². The molecule has 0 amide bonds. The van der Waals surface area contributed by atoms with Crippen LogP contribution in [0.15, 0.2) is 24.5 Å². The number of aromatic nitrogens is 3. The van der Waals surface area contributed by atoms with Crippen LogP contribution in [0.25, 0.3) is 0 Å². The van der Waals surface area contributed by atoms with Gasteiger partial charge in [0.2, 0.25) is 0 Å². The quantitative estimate of drug-likeness (QED) is 0.642. The number of benzene rings is 1. The van der Waals surface area contributed by atoms with Crippen LogP contribution in [-0.2, 0) is 7.05 Å². The van der Waals surface area contributed by atoms with Crippen LogP contribution in [0.1, 0.15) is 24.6 Å².